The van der Waals surface area contributed by atoms with E-state index in [0.717, 1.165) is 32.6 Å². The van der Waals surface area contributed by atoms with E-state index in [1.807, 2.05) is 0 Å². The number of halogens is 2. The Morgan fingerprint density at radius 1 is 1.53 bits per heavy atom. The van der Waals surface area contributed by atoms with Gasteiger partial charge in [-0.25, -0.2) is 4.39 Å². The molecule has 1 aliphatic heterocycles. The predicted octanol–water partition coefficient (Wildman–Crippen LogP) is 3.43. The van der Waals surface area contributed by atoms with Gasteiger partial charge in [0.2, 0.25) is 0 Å². The summed E-state index contributed by atoms with van der Waals surface area (Å²) in [6, 6.07) is 5.09. The Morgan fingerprint density at radius 2 is 2.37 bits per heavy atom. The highest BCUT2D eigenvalue weighted by atomic mass is 35.5. The van der Waals surface area contributed by atoms with Crippen molar-refractivity contribution in [1.29, 1.82) is 0 Å². The molecule has 0 bridgehead atoms. The number of ether oxygens (including phenoxy) is 1. The maximum absolute atomic E-state index is 13.9. The van der Waals surface area contributed by atoms with Crippen LogP contribution in [-0.4, -0.2) is 25.8 Å². The van der Waals surface area contributed by atoms with E-state index in [0.29, 0.717) is 22.9 Å². The third-order valence-corrected chi connectivity index (χ3v) is 4.07. The van der Waals surface area contributed by atoms with Crippen LogP contribution in [0.4, 0.5) is 4.39 Å². The summed E-state index contributed by atoms with van der Waals surface area (Å²) in [6.07, 6.45) is 2.83. The second-order valence-electron chi connectivity index (χ2n) is 5.05. The lowest BCUT2D eigenvalue weighted by Gasteiger charge is -2.31. The number of likely N-dealkylation sites (N-methyl/N-ethyl adjacent to an activating group) is 1. The van der Waals surface area contributed by atoms with Crippen molar-refractivity contribution in [2.24, 2.45) is 5.92 Å². The Morgan fingerprint density at radius 3 is 3.00 bits per heavy atom. The topological polar surface area (TPSA) is 21.3 Å². The van der Waals surface area contributed by atoms with Crippen LogP contribution in [0, 0.1) is 11.7 Å². The highest BCUT2D eigenvalue weighted by Crippen LogP contribution is 2.25. The molecule has 0 radical (unpaired) electrons. The molecule has 1 aromatic rings. The molecule has 1 saturated heterocycles. The third kappa shape index (κ3) is 3.91. The van der Waals surface area contributed by atoms with Gasteiger partial charge in [0.05, 0.1) is 6.61 Å². The van der Waals surface area contributed by atoms with Gasteiger partial charge in [0.1, 0.15) is 5.82 Å². The average Bonchev–Trinajstić information content (AvgIpc) is 2.43. The fourth-order valence-corrected chi connectivity index (χ4v) is 2.94. The smallest absolute Gasteiger partial charge is 0.127 e. The molecule has 0 aliphatic carbocycles. The Labute approximate surface area is 119 Å². The van der Waals surface area contributed by atoms with Crippen LogP contribution in [-0.2, 0) is 11.2 Å². The largest absolute Gasteiger partial charge is 0.381 e. The second kappa shape index (κ2) is 7.22. The summed E-state index contributed by atoms with van der Waals surface area (Å²) in [5.74, 6) is 0.219. The predicted molar refractivity (Wildman–Crippen MR) is 76.1 cm³/mol. The van der Waals surface area contributed by atoms with Crippen molar-refractivity contribution in [1.82, 2.24) is 5.32 Å². The molecule has 4 heteroatoms. The molecule has 0 saturated carbocycles. The summed E-state index contributed by atoms with van der Waals surface area (Å²) in [5.41, 5.74) is 0.612. The minimum atomic E-state index is -0.216. The van der Waals surface area contributed by atoms with Crippen molar-refractivity contribution in [2.75, 3.05) is 19.8 Å². The third-order valence-electron chi connectivity index (χ3n) is 3.72. The van der Waals surface area contributed by atoms with Crippen LogP contribution in [0.25, 0.3) is 0 Å². The zero-order valence-electron chi connectivity index (χ0n) is 11.3. The molecule has 1 heterocycles. The summed E-state index contributed by atoms with van der Waals surface area (Å²) in [7, 11) is 0. The highest BCUT2D eigenvalue weighted by molar-refractivity contribution is 6.31. The van der Waals surface area contributed by atoms with Crippen LogP contribution in [0.15, 0.2) is 18.2 Å². The molecule has 2 nitrogen and oxygen atoms in total. The van der Waals surface area contributed by atoms with Gasteiger partial charge in [-0.15, -0.1) is 0 Å². The van der Waals surface area contributed by atoms with E-state index >= 15 is 0 Å². The SMILES string of the molecule is CCNC(Cc1c(F)cccc1Cl)C1CCCOC1. The molecule has 1 aliphatic rings. The van der Waals surface area contributed by atoms with Crippen molar-refractivity contribution in [2.45, 2.75) is 32.2 Å². The molecule has 1 fully saturated rings. The lowest BCUT2D eigenvalue weighted by Crippen LogP contribution is -2.42. The maximum Gasteiger partial charge on any atom is 0.127 e. The molecule has 0 spiro atoms. The summed E-state index contributed by atoms with van der Waals surface area (Å²) in [6.45, 7) is 4.53. The summed E-state index contributed by atoms with van der Waals surface area (Å²) in [5, 5.41) is 3.96. The normalized spacial score (nSPS) is 21.3. The summed E-state index contributed by atoms with van der Waals surface area (Å²) >= 11 is 6.11. The Balaban J connectivity index is 2.11. The molecular weight excluding hydrogens is 265 g/mol. The van der Waals surface area contributed by atoms with E-state index in [1.165, 1.54) is 6.07 Å². The lowest BCUT2D eigenvalue weighted by molar-refractivity contribution is 0.0394. The van der Waals surface area contributed by atoms with Crippen LogP contribution >= 0.6 is 11.6 Å². The van der Waals surface area contributed by atoms with Gasteiger partial charge in [-0.05, 0) is 43.9 Å². The minimum Gasteiger partial charge on any atom is -0.381 e. The fraction of sp³-hybridized carbons (Fsp3) is 0.600. The van der Waals surface area contributed by atoms with E-state index in [2.05, 4.69) is 12.2 Å². The molecule has 2 rings (SSSR count). The standard InChI is InChI=1S/C15H21ClFNO/c1-2-18-15(11-5-4-8-19-10-11)9-12-13(16)6-3-7-14(12)17/h3,6-7,11,15,18H,2,4-5,8-10H2,1H3. The van der Waals surface area contributed by atoms with E-state index in [4.69, 9.17) is 16.3 Å². The Kier molecular flexibility index (Phi) is 5.61. The highest BCUT2D eigenvalue weighted by Gasteiger charge is 2.25. The molecule has 19 heavy (non-hydrogen) atoms. The first-order valence-corrected chi connectivity index (χ1v) is 7.34. The van der Waals surface area contributed by atoms with Gasteiger partial charge in [-0.3, -0.25) is 0 Å². The van der Waals surface area contributed by atoms with Crippen molar-refractivity contribution in [3.05, 3.63) is 34.6 Å². The molecule has 106 valence electrons. The number of hydrogen-bond donors (Lipinski definition) is 1. The van der Waals surface area contributed by atoms with Crippen molar-refractivity contribution < 1.29 is 9.13 Å². The zero-order valence-corrected chi connectivity index (χ0v) is 12.0. The lowest BCUT2D eigenvalue weighted by atomic mass is 9.89. The van der Waals surface area contributed by atoms with Gasteiger partial charge in [0.15, 0.2) is 0 Å². The zero-order chi connectivity index (χ0) is 13.7. The minimum absolute atomic E-state index is 0.216. The fourth-order valence-electron chi connectivity index (χ4n) is 2.70. The first-order valence-electron chi connectivity index (χ1n) is 6.96. The number of hydrogen-bond acceptors (Lipinski definition) is 2. The van der Waals surface area contributed by atoms with Crippen LogP contribution in [0.2, 0.25) is 5.02 Å². The van der Waals surface area contributed by atoms with Crippen LogP contribution < -0.4 is 5.32 Å². The van der Waals surface area contributed by atoms with Gasteiger partial charge in [-0.2, -0.15) is 0 Å². The molecule has 1 N–H and O–H groups in total. The van der Waals surface area contributed by atoms with Crippen LogP contribution in [0.5, 0.6) is 0 Å². The van der Waals surface area contributed by atoms with Gasteiger partial charge in [-0.1, -0.05) is 24.6 Å². The maximum atomic E-state index is 13.9. The Bertz CT molecular complexity index is 387. The average molecular weight is 286 g/mol. The van der Waals surface area contributed by atoms with Gasteiger partial charge in [0.25, 0.3) is 0 Å². The first kappa shape index (κ1) is 14.8. The van der Waals surface area contributed by atoms with Crippen LogP contribution in [0.1, 0.15) is 25.3 Å². The molecular formula is C15H21ClFNO. The van der Waals surface area contributed by atoms with Crippen molar-refractivity contribution in [3.63, 3.8) is 0 Å². The number of benzene rings is 1. The quantitative estimate of drug-likeness (QED) is 0.895. The van der Waals surface area contributed by atoms with Gasteiger partial charge >= 0.3 is 0 Å². The van der Waals surface area contributed by atoms with Crippen LogP contribution in [0.3, 0.4) is 0 Å². The van der Waals surface area contributed by atoms with Crippen molar-refractivity contribution >= 4 is 11.6 Å². The molecule has 0 amide bonds. The summed E-state index contributed by atoms with van der Waals surface area (Å²) in [4.78, 5) is 0. The van der Waals surface area contributed by atoms with E-state index in [-0.39, 0.29) is 11.9 Å². The van der Waals surface area contributed by atoms with Gasteiger partial charge in [0, 0.05) is 23.2 Å². The number of rotatable bonds is 5. The first-order chi connectivity index (χ1) is 9.22. The molecule has 2 unspecified atom stereocenters. The van der Waals surface area contributed by atoms with Crippen molar-refractivity contribution in [3.8, 4) is 0 Å². The summed E-state index contributed by atoms with van der Waals surface area (Å²) < 4.78 is 19.4. The Hall–Kier alpha value is -0.640. The molecule has 0 aromatic heterocycles. The molecule has 1 aromatic carbocycles. The van der Waals surface area contributed by atoms with E-state index < -0.39 is 0 Å². The number of nitrogens with one attached hydrogen (secondary N) is 1. The second-order valence-corrected chi connectivity index (χ2v) is 5.45. The monoisotopic (exact) mass is 285 g/mol. The molecule has 2 atom stereocenters. The van der Waals surface area contributed by atoms with E-state index in [1.54, 1.807) is 12.1 Å². The van der Waals surface area contributed by atoms with E-state index in [9.17, 15) is 4.39 Å². The van der Waals surface area contributed by atoms with Gasteiger partial charge < -0.3 is 10.1 Å².